The van der Waals surface area contributed by atoms with Crippen LogP contribution in [0.15, 0.2) is 47.6 Å². The van der Waals surface area contributed by atoms with Gasteiger partial charge in [0.15, 0.2) is 0 Å². The molecule has 1 aliphatic rings. The second kappa shape index (κ2) is 8.42. The summed E-state index contributed by atoms with van der Waals surface area (Å²) in [5.41, 5.74) is 7.89. The maximum absolute atomic E-state index is 12.6. The van der Waals surface area contributed by atoms with E-state index in [2.05, 4.69) is 68.6 Å². The second-order valence-electron chi connectivity index (χ2n) is 9.39. The van der Waals surface area contributed by atoms with Crippen molar-refractivity contribution in [1.29, 1.82) is 0 Å². The van der Waals surface area contributed by atoms with Crippen molar-refractivity contribution in [3.05, 3.63) is 86.2 Å². The number of hydrogen-bond donors (Lipinski definition) is 0. The average molecular weight is 469 g/mol. The first kappa shape index (κ1) is 22.6. The van der Waals surface area contributed by atoms with E-state index in [9.17, 15) is 4.79 Å². The van der Waals surface area contributed by atoms with Crippen LogP contribution in [0.4, 0.5) is 0 Å². The fourth-order valence-electron chi connectivity index (χ4n) is 4.50. The van der Waals surface area contributed by atoms with E-state index in [1.807, 2.05) is 0 Å². The Morgan fingerprint density at radius 3 is 2.34 bits per heavy atom. The van der Waals surface area contributed by atoms with Gasteiger partial charge in [0.1, 0.15) is 0 Å². The topological polar surface area (TPSA) is 43.6 Å². The molecule has 0 aliphatic heterocycles. The Bertz CT molecular complexity index is 1230. The minimum absolute atomic E-state index is 0.0302. The molecule has 32 heavy (non-hydrogen) atoms. The monoisotopic (exact) mass is 468 g/mol. The minimum Gasteiger partial charge on any atom is -0.318 e. The smallest absolute Gasteiger partial charge is 0.318 e. The molecule has 0 fully saturated rings. The number of aryl methyl sites for hydroxylation is 3. The third-order valence-corrected chi connectivity index (χ3v) is 6.29. The van der Waals surface area contributed by atoms with Crippen LogP contribution in [0.25, 0.3) is 5.69 Å². The van der Waals surface area contributed by atoms with E-state index in [0.29, 0.717) is 11.4 Å². The van der Waals surface area contributed by atoms with Crippen LogP contribution >= 0.6 is 23.2 Å². The van der Waals surface area contributed by atoms with Gasteiger partial charge in [0.2, 0.25) is 0 Å². The molecule has 0 spiro atoms. The zero-order valence-corrected chi connectivity index (χ0v) is 20.4. The van der Waals surface area contributed by atoms with E-state index >= 15 is 0 Å². The highest BCUT2D eigenvalue weighted by molar-refractivity contribution is 6.36. The van der Waals surface area contributed by atoms with E-state index in [1.54, 1.807) is 12.1 Å². The van der Waals surface area contributed by atoms with Gasteiger partial charge in [0, 0.05) is 27.7 Å². The number of rotatable bonds is 3. The number of fused-ring (bicyclic) bond motifs is 1. The third-order valence-electron chi connectivity index (χ3n) is 5.74. The number of oxime groups is 1. The average Bonchev–Trinajstić information content (AvgIpc) is 2.99. The van der Waals surface area contributed by atoms with Gasteiger partial charge in [0.05, 0.1) is 16.3 Å². The predicted octanol–water partition coefficient (Wildman–Crippen LogP) is 7.24. The van der Waals surface area contributed by atoms with E-state index < -0.39 is 5.97 Å². The summed E-state index contributed by atoms with van der Waals surface area (Å²) in [5.74, 6) is -0.602. The Morgan fingerprint density at radius 2 is 1.69 bits per heavy atom. The van der Waals surface area contributed by atoms with Crippen molar-refractivity contribution >= 4 is 34.9 Å². The van der Waals surface area contributed by atoms with E-state index in [0.717, 1.165) is 29.1 Å². The summed E-state index contributed by atoms with van der Waals surface area (Å²) in [6.07, 6.45) is 1.61. The molecule has 1 aliphatic carbocycles. The first-order chi connectivity index (χ1) is 15.0. The summed E-state index contributed by atoms with van der Waals surface area (Å²) in [6, 6.07) is 13.4. The number of carbonyl (C=O) groups excluding carboxylic acids is 1. The van der Waals surface area contributed by atoms with Gasteiger partial charge in [-0.15, -0.1) is 0 Å². The molecule has 1 heterocycles. The molecule has 1 aromatic heterocycles. The maximum Gasteiger partial charge on any atom is 0.367 e. The molecular weight excluding hydrogens is 443 g/mol. The summed E-state index contributed by atoms with van der Waals surface area (Å²) in [6.45, 7) is 10.7. The van der Waals surface area contributed by atoms with Crippen LogP contribution in [0.1, 0.15) is 58.7 Å². The molecule has 3 aromatic rings. The van der Waals surface area contributed by atoms with Crippen LogP contribution < -0.4 is 0 Å². The molecule has 0 bridgehead atoms. The molecule has 0 saturated heterocycles. The van der Waals surface area contributed by atoms with Crippen molar-refractivity contribution in [2.75, 3.05) is 0 Å². The highest BCUT2D eigenvalue weighted by atomic mass is 35.5. The van der Waals surface area contributed by atoms with Gasteiger partial charge < -0.3 is 9.40 Å². The summed E-state index contributed by atoms with van der Waals surface area (Å²) in [4.78, 5) is 17.9. The molecule has 0 unspecified atom stereocenters. The van der Waals surface area contributed by atoms with Crippen molar-refractivity contribution in [3.63, 3.8) is 0 Å². The SMILES string of the molecule is Cc1cc(C)cc(-n2c(C)cc3c2CC(C)(C)C/C3=N\OC(=O)c2ccc(Cl)cc2Cl)c1. The van der Waals surface area contributed by atoms with Gasteiger partial charge in [-0.25, -0.2) is 4.79 Å². The molecule has 2 aromatic carbocycles. The zero-order chi connectivity index (χ0) is 23.2. The molecule has 166 valence electrons. The van der Waals surface area contributed by atoms with Crippen molar-refractivity contribution in [2.24, 2.45) is 10.6 Å². The third kappa shape index (κ3) is 4.48. The molecule has 0 atom stereocenters. The Labute approximate surface area is 198 Å². The summed E-state index contributed by atoms with van der Waals surface area (Å²) in [5, 5.41) is 5.00. The number of nitrogens with zero attached hydrogens (tertiary/aromatic N) is 2. The normalized spacial score (nSPS) is 16.2. The molecule has 4 nitrogen and oxygen atoms in total. The fraction of sp³-hybridized carbons (Fsp3) is 0.308. The lowest BCUT2D eigenvalue weighted by molar-refractivity contribution is 0.0514. The van der Waals surface area contributed by atoms with Crippen LogP contribution in [0, 0.1) is 26.2 Å². The number of halogens is 2. The quantitative estimate of drug-likeness (QED) is 0.300. The van der Waals surface area contributed by atoms with Crippen molar-refractivity contribution in [2.45, 2.75) is 47.5 Å². The van der Waals surface area contributed by atoms with Gasteiger partial charge in [-0.05, 0) is 86.6 Å². The van der Waals surface area contributed by atoms with Crippen LogP contribution in [0.2, 0.25) is 10.0 Å². The van der Waals surface area contributed by atoms with Gasteiger partial charge in [-0.1, -0.05) is 48.3 Å². The lowest BCUT2D eigenvalue weighted by atomic mass is 9.76. The Morgan fingerprint density at radius 1 is 1.00 bits per heavy atom. The Balaban J connectivity index is 1.74. The largest absolute Gasteiger partial charge is 0.367 e. The fourth-order valence-corrected chi connectivity index (χ4v) is 4.99. The van der Waals surface area contributed by atoms with Crippen molar-refractivity contribution < 1.29 is 9.63 Å². The van der Waals surface area contributed by atoms with E-state index in [1.165, 1.54) is 22.9 Å². The van der Waals surface area contributed by atoms with Crippen molar-refractivity contribution in [1.82, 2.24) is 4.57 Å². The minimum atomic E-state index is -0.602. The van der Waals surface area contributed by atoms with Crippen molar-refractivity contribution in [3.8, 4) is 5.69 Å². The summed E-state index contributed by atoms with van der Waals surface area (Å²) < 4.78 is 2.30. The maximum atomic E-state index is 12.6. The number of benzene rings is 2. The molecule has 4 rings (SSSR count). The first-order valence-electron chi connectivity index (χ1n) is 10.6. The molecular formula is C26H26Cl2N2O2. The Hall–Kier alpha value is -2.56. The van der Waals surface area contributed by atoms with Gasteiger partial charge >= 0.3 is 5.97 Å². The summed E-state index contributed by atoms with van der Waals surface area (Å²) in [7, 11) is 0. The molecule has 0 saturated carbocycles. The van der Waals surface area contributed by atoms with E-state index in [-0.39, 0.29) is 16.0 Å². The molecule has 0 radical (unpaired) electrons. The van der Waals surface area contributed by atoms with Crippen LogP contribution in [-0.4, -0.2) is 16.2 Å². The molecule has 0 N–H and O–H groups in total. The number of carbonyl (C=O) groups is 1. The highest BCUT2D eigenvalue weighted by Gasteiger charge is 2.34. The lowest BCUT2D eigenvalue weighted by Crippen LogP contribution is -2.28. The second-order valence-corrected chi connectivity index (χ2v) is 10.2. The van der Waals surface area contributed by atoms with E-state index in [4.69, 9.17) is 28.0 Å². The molecule has 0 amide bonds. The van der Waals surface area contributed by atoms with Crippen LogP contribution in [0.3, 0.4) is 0 Å². The van der Waals surface area contributed by atoms with Gasteiger partial charge in [-0.2, -0.15) is 0 Å². The Kier molecular flexibility index (Phi) is 5.95. The van der Waals surface area contributed by atoms with Gasteiger partial charge in [-0.3, -0.25) is 0 Å². The number of aromatic nitrogens is 1. The predicted molar refractivity (Wildman–Crippen MR) is 130 cm³/mol. The molecule has 6 heteroatoms. The zero-order valence-electron chi connectivity index (χ0n) is 18.9. The number of hydrogen-bond acceptors (Lipinski definition) is 3. The first-order valence-corrected chi connectivity index (χ1v) is 11.3. The van der Waals surface area contributed by atoms with Crippen LogP contribution in [-0.2, 0) is 11.3 Å². The lowest BCUT2D eigenvalue weighted by Gasteiger charge is -2.31. The highest BCUT2D eigenvalue weighted by Crippen LogP contribution is 2.38. The van der Waals surface area contributed by atoms with Crippen LogP contribution in [0.5, 0.6) is 0 Å². The summed E-state index contributed by atoms with van der Waals surface area (Å²) >= 11 is 12.1. The van der Waals surface area contributed by atoms with Gasteiger partial charge in [0.25, 0.3) is 0 Å². The standard InChI is InChI=1S/C26H26Cl2N2O2/c1-15-8-16(2)10-19(9-15)30-17(3)11-21-23(13-26(4,5)14-24(21)30)29-32-25(31)20-7-6-18(27)12-22(20)28/h6-12H,13-14H2,1-5H3/b29-23+.